The smallest absolute Gasteiger partial charge is 0.243 e. The first-order valence-corrected chi connectivity index (χ1v) is 14.8. The molecule has 0 bridgehead atoms. The van der Waals surface area contributed by atoms with Crippen LogP contribution in [0.1, 0.15) is 167 Å². The summed E-state index contributed by atoms with van der Waals surface area (Å²) in [5.41, 5.74) is 1.69. The summed E-state index contributed by atoms with van der Waals surface area (Å²) in [4.78, 5) is 10.9. The molecule has 0 fully saturated rings. The third-order valence-electron chi connectivity index (χ3n) is 6.66. The molecule has 3 nitrogen and oxygen atoms in total. The zero-order chi connectivity index (χ0) is 23.4. The van der Waals surface area contributed by atoms with Crippen molar-refractivity contribution in [2.75, 3.05) is 5.88 Å². The molecule has 0 heterocycles. The second-order valence-electron chi connectivity index (χ2n) is 9.81. The van der Waals surface area contributed by atoms with E-state index in [0.29, 0.717) is 6.42 Å². The highest BCUT2D eigenvalue weighted by atomic mass is 35.5. The molecule has 0 spiro atoms. The molecule has 0 radical (unpaired) electrons. The molecule has 0 aromatic heterocycles. The minimum absolute atomic E-state index is 0.258. The van der Waals surface area contributed by atoms with E-state index in [1.54, 1.807) is 5.48 Å². The van der Waals surface area contributed by atoms with Gasteiger partial charge in [0.25, 0.3) is 0 Å². The number of carbonyl (C=O) groups is 1. The van der Waals surface area contributed by atoms with Crippen LogP contribution < -0.4 is 5.48 Å². The van der Waals surface area contributed by atoms with E-state index in [1.807, 2.05) is 0 Å². The van der Waals surface area contributed by atoms with E-state index >= 15 is 0 Å². The average molecular weight is 474 g/mol. The van der Waals surface area contributed by atoms with Gasteiger partial charge in [-0.2, -0.15) is 0 Å². The van der Waals surface area contributed by atoms with Crippen molar-refractivity contribution in [3.8, 4) is 0 Å². The first-order valence-electron chi connectivity index (χ1n) is 14.3. The van der Waals surface area contributed by atoms with Gasteiger partial charge in [-0.25, -0.2) is 5.48 Å². The van der Waals surface area contributed by atoms with E-state index in [9.17, 15) is 4.79 Å². The minimum Gasteiger partial charge on any atom is -0.289 e. The summed E-state index contributed by atoms with van der Waals surface area (Å²) < 4.78 is 0. The summed E-state index contributed by atoms with van der Waals surface area (Å²) in [5, 5.41) is 8.43. The van der Waals surface area contributed by atoms with Gasteiger partial charge in [0.15, 0.2) is 0 Å². The largest absolute Gasteiger partial charge is 0.289 e. The molecule has 0 rings (SSSR count). The van der Waals surface area contributed by atoms with E-state index in [0.717, 1.165) is 18.7 Å². The number of hydrogen-bond donors (Lipinski definition) is 2. The molecule has 4 heteroatoms. The van der Waals surface area contributed by atoms with Crippen LogP contribution >= 0.6 is 11.6 Å². The van der Waals surface area contributed by atoms with Gasteiger partial charge < -0.3 is 0 Å². The fraction of sp³-hybridized carbons (Fsp3) is 0.964. The summed E-state index contributed by atoms with van der Waals surface area (Å²) in [5.74, 6) is 0.577. The van der Waals surface area contributed by atoms with Crippen molar-refractivity contribution in [3.05, 3.63) is 0 Å². The third-order valence-corrected chi connectivity index (χ3v) is 6.93. The molecule has 0 saturated heterocycles. The van der Waals surface area contributed by atoms with Gasteiger partial charge in [0, 0.05) is 12.3 Å². The molecule has 2 N–H and O–H groups in total. The summed E-state index contributed by atoms with van der Waals surface area (Å²) in [6, 6.07) is 0. The number of hydroxylamine groups is 1. The van der Waals surface area contributed by atoms with E-state index in [-0.39, 0.29) is 5.91 Å². The van der Waals surface area contributed by atoms with E-state index in [4.69, 9.17) is 16.8 Å². The lowest BCUT2D eigenvalue weighted by atomic mass is 10.0. The highest BCUT2D eigenvalue weighted by molar-refractivity contribution is 6.17. The summed E-state index contributed by atoms with van der Waals surface area (Å²) in [6.07, 6.45) is 34.5. The topological polar surface area (TPSA) is 49.3 Å². The average Bonchev–Trinajstić information content (AvgIpc) is 2.81. The molecule has 0 aliphatic heterocycles. The zero-order valence-corrected chi connectivity index (χ0v) is 22.1. The lowest BCUT2D eigenvalue weighted by molar-refractivity contribution is -0.129. The van der Waals surface area contributed by atoms with Crippen LogP contribution in [0.25, 0.3) is 0 Å². The molecule has 0 saturated carbocycles. The van der Waals surface area contributed by atoms with Gasteiger partial charge in [-0.15, -0.1) is 11.6 Å². The molecule has 1 amide bonds. The first kappa shape index (κ1) is 31.7. The normalized spacial score (nSPS) is 11.2. The van der Waals surface area contributed by atoms with E-state index in [1.165, 1.54) is 148 Å². The third kappa shape index (κ3) is 27.8. The SMILES string of the molecule is O=C(CCCCCCCCCCCCCCCCCCCCCCCCCCCCl)NO. The fourth-order valence-corrected chi connectivity index (χ4v) is 4.69. The van der Waals surface area contributed by atoms with Crippen molar-refractivity contribution in [1.29, 1.82) is 0 Å². The van der Waals surface area contributed by atoms with Crippen LogP contribution in [0.2, 0.25) is 0 Å². The number of rotatable bonds is 27. The highest BCUT2D eigenvalue weighted by Crippen LogP contribution is 2.16. The molecule has 192 valence electrons. The van der Waals surface area contributed by atoms with Gasteiger partial charge in [0.2, 0.25) is 5.91 Å². The van der Waals surface area contributed by atoms with Gasteiger partial charge in [-0.3, -0.25) is 10.0 Å². The molecule has 0 unspecified atom stereocenters. The van der Waals surface area contributed by atoms with Crippen molar-refractivity contribution in [2.24, 2.45) is 0 Å². The molecular weight excluding hydrogens is 418 g/mol. The number of nitrogens with one attached hydrogen (secondary N) is 1. The number of halogens is 1. The molecule has 0 aromatic carbocycles. The molecule has 32 heavy (non-hydrogen) atoms. The van der Waals surface area contributed by atoms with Gasteiger partial charge in [0.05, 0.1) is 0 Å². The Balaban J connectivity index is 3.02. The van der Waals surface area contributed by atoms with Crippen LogP contribution in [0, 0.1) is 0 Å². The van der Waals surface area contributed by atoms with Crippen molar-refractivity contribution in [3.63, 3.8) is 0 Å². The molecule has 0 aliphatic carbocycles. The Morgan fingerprint density at radius 3 is 0.875 bits per heavy atom. The molecule has 0 aliphatic rings. The van der Waals surface area contributed by atoms with Crippen molar-refractivity contribution < 1.29 is 10.0 Å². The number of alkyl halides is 1. The Morgan fingerprint density at radius 1 is 0.438 bits per heavy atom. The highest BCUT2D eigenvalue weighted by Gasteiger charge is 1.99. The van der Waals surface area contributed by atoms with Gasteiger partial charge in [-0.05, 0) is 12.8 Å². The molecule has 0 atom stereocenters. The maximum absolute atomic E-state index is 10.9. The number of unbranched alkanes of at least 4 members (excludes halogenated alkanes) is 24. The Morgan fingerprint density at radius 2 is 0.656 bits per heavy atom. The maximum Gasteiger partial charge on any atom is 0.243 e. The fourth-order valence-electron chi connectivity index (χ4n) is 4.50. The van der Waals surface area contributed by atoms with Crippen molar-refractivity contribution >= 4 is 17.5 Å². The Labute approximate surface area is 205 Å². The molecule has 0 aromatic rings. The standard InChI is InChI=1S/C28H56ClNO2/c29-27-25-23-21-19-17-15-13-11-9-7-5-3-1-2-4-6-8-10-12-14-16-18-20-22-24-26-28(31)30-32/h32H,1-27H2,(H,30,31). The van der Waals surface area contributed by atoms with Crippen LogP contribution in [0.3, 0.4) is 0 Å². The zero-order valence-electron chi connectivity index (χ0n) is 21.3. The molecular formula is C28H56ClNO2. The van der Waals surface area contributed by atoms with Crippen LogP contribution in [0.15, 0.2) is 0 Å². The second-order valence-corrected chi connectivity index (χ2v) is 10.2. The van der Waals surface area contributed by atoms with Crippen LogP contribution in [-0.4, -0.2) is 17.0 Å². The summed E-state index contributed by atoms with van der Waals surface area (Å²) in [6.45, 7) is 0. The van der Waals surface area contributed by atoms with Crippen molar-refractivity contribution in [1.82, 2.24) is 5.48 Å². The Hall–Kier alpha value is -0.280. The monoisotopic (exact) mass is 473 g/mol. The first-order chi connectivity index (χ1) is 15.8. The Kier molecular flexibility index (Phi) is 28.5. The number of hydrogen-bond acceptors (Lipinski definition) is 2. The predicted octanol–water partition coefficient (Wildman–Crippen LogP) is 9.87. The summed E-state index contributed by atoms with van der Waals surface area (Å²) >= 11 is 5.70. The minimum atomic E-state index is -0.258. The number of amides is 1. The summed E-state index contributed by atoms with van der Waals surface area (Å²) in [7, 11) is 0. The van der Waals surface area contributed by atoms with Crippen LogP contribution in [0.4, 0.5) is 0 Å². The van der Waals surface area contributed by atoms with E-state index < -0.39 is 0 Å². The van der Waals surface area contributed by atoms with Gasteiger partial charge in [-0.1, -0.05) is 148 Å². The lowest BCUT2D eigenvalue weighted by Gasteiger charge is -2.04. The maximum atomic E-state index is 10.9. The van der Waals surface area contributed by atoms with Crippen LogP contribution in [-0.2, 0) is 4.79 Å². The van der Waals surface area contributed by atoms with Crippen LogP contribution in [0.5, 0.6) is 0 Å². The second kappa shape index (κ2) is 28.8. The lowest BCUT2D eigenvalue weighted by Crippen LogP contribution is -2.17. The number of carbonyl (C=O) groups excluding carboxylic acids is 1. The Bertz CT molecular complexity index is 365. The van der Waals surface area contributed by atoms with E-state index in [2.05, 4.69) is 0 Å². The predicted molar refractivity (Wildman–Crippen MR) is 141 cm³/mol. The van der Waals surface area contributed by atoms with Crippen molar-refractivity contribution in [2.45, 2.75) is 167 Å². The quantitative estimate of drug-likeness (QED) is 0.0539. The van der Waals surface area contributed by atoms with Gasteiger partial charge in [0.1, 0.15) is 0 Å². The van der Waals surface area contributed by atoms with Gasteiger partial charge >= 0.3 is 0 Å².